The standard InChI is InChI=1S/C9H7BrO2.C5H13N/c10-8-4-1-7(2-5-8)3-6-9(11)12;1-2-3-4-5-6/h1-6H,(H,11,12);2-6H2,1H3/b6-3+;. The van der Waals surface area contributed by atoms with Crippen LogP contribution in [-0.2, 0) is 4.79 Å². The number of hydrogen-bond donors (Lipinski definition) is 1. The molecule has 3 nitrogen and oxygen atoms in total. The molecule has 18 heavy (non-hydrogen) atoms. The molecule has 0 spiro atoms. The Balaban J connectivity index is 0.000000411. The van der Waals surface area contributed by atoms with Gasteiger partial charge in [-0.25, -0.2) is 0 Å². The molecular weight excluding hydrogens is 294 g/mol. The van der Waals surface area contributed by atoms with E-state index in [-0.39, 0.29) is 0 Å². The number of hydrogen-bond acceptors (Lipinski definition) is 2. The molecule has 1 aromatic rings. The van der Waals surface area contributed by atoms with Crippen LogP contribution in [0.25, 0.3) is 6.08 Å². The number of carbonyl (C=O) groups excluding carboxylic acids is 1. The van der Waals surface area contributed by atoms with Crippen LogP contribution in [0.5, 0.6) is 0 Å². The van der Waals surface area contributed by atoms with E-state index in [0.717, 1.165) is 22.7 Å². The lowest BCUT2D eigenvalue weighted by Crippen LogP contribution is -2.49. The molecule has 0 saturated carbocycles. The van der Waals surface area contributed by atoms with Gasteiger partial charge in [0.15, 0.2) is 0 Å². The smallest absolute Gasteiger partial charge is 0.0739 e. The van der Waals surface area contributed by atoms with Crippen molar-refractivity contribution in [2.24, 2.45) is 0 Å². The topological polar surface area (TPSA) is 67.8 Å². The fourth-order valence-electron chi connectivity index (χ4n) is 1.16. The number of aliphatic carboxylic acids is 1. The summed E-state index contributed by atoms with van der Waals surface area (Å²) >= 11 is 3.27. The summed E-state index contributed by atoms with van der Waals surface area (Å²) in [5, 5.41) is 10.0. The maximum Gasteiger partial charge on any atom is 0.0739 e. The SMILES string of the molecule is CCCCC[NH3+].O=C([O-])/C=C/c1ccc(Br)cc1. The van der Waals surface area contributed by atoms with E-state index in [1.807, 2.05) is 24.3 Å². The van der Waals surface area contributed by atoms with Crippen molar-refractivity contribution in [3.8, 4) is 0 Å². The molecule has 1 aromatic carbocycles. The molecule has 0 radical (unpaired) electrons. The molecule has 0 aliphatic heterocycles. The Morgan fingerprint density at radius 1 is 1.33 bits per heavy atom. The first-order valence-corrected chi connectivity index (χ1v) is 6.83. The molecule has 0 heterocycles. The van der Waals surface area contributed by atoms with Gasteiger partial charge in [-0.15, -0.1) is 0 Å². The first-order valence-electron chi connectivity index (χ1n) is 6.04. The van der Waals surface area contributed by atoms with Crippen molar-refractivity contribution < 1.29 is 15.6 Å². The van der Waals surface area contributed by atoms with E-state index in [9.17, 15) is 9.90 Å². The summed E-state index contributed by atoms with van der Waals surface area (Å²) in [6.07, 6.45) is 6.46. The van der Waals surface area contributed by atoms with Gasteiger partial charge in [0, 0.05) is 4.47 Å². The number of benzene rings is 1. The van der Waals surface area contributed by atoms with Crippen LogP contribution in [0.15, 0.2) is 34.8 Å². The van der Waals surface area contributed by atoms with Crippen molar-refractivity contribution in [3.05, 3.63) is 40.4 Å². The van der Waals surface area contributed by atoms with Crippen molar-refractivity contribution in [1.29, 1.82) is 0 Å². The van der Waals surface area contributed by atoms with Crippen LogP contribution in [0, 0.1) is 0 Å². The highest BCUT2D eigenvalue weighted by Gasteiger charge is 1.86. The van der Waals surface area contributed by atoms with Crippen LogP contribution in [0.2, 0.25) is 0 Å². The van der Waals surface area contributed by atoms with Crippen molar-refractivity contribution in [1.82, 2.24) is 0 Å². The van der Waals surface area contributed by atoms with Crippen molar-refractivity contribution in [2.45, 2.75) is 26.2 Å². The van der Waals surface area contributed by atoms with Gasteiger partial charge in [0.25, 0.3) is 0 Å². The Bertz CT molecular complexity index is 357. The summed E-state index contributed by atoms with van der Waals surface area (Å²) < 4.78 is 0.966. The zero-order valence-corrected chi connectivity index (χ0v) is 12.3. The van der Waals surface area contributed by atoms with Gasteiger partial charge < -0.3 is 15.6 Å². The van der Waals surface area contributed by atoms with Crippen molar-refractivity contribution in [3.63, 3.8) is 0 Å². The minimum atomic E-state index is -1.18. The molecule has 0 atom stereocenters. The van der Waals surface area contributed by atoms with Gasteiger partial charge in [-0.05, 0) is 36.6 Å². The molecule has 0 aliphatic carbocycles. The van der Waals surface area contributed by atoms with Gasteiger partial charge in [-0.1, -0.05) is 47.5 Å². The van der Waals surface area contributed by atoms with Crippen LogP contribution in [0.1, 0.15) is 31.7 Å². The fourth-order valence-corrected chi connectivity index (χ4v) is 1.43. The van der Waals surface area contributed by atoms with Crippen LogP contribution < -0.4 is 10.8 Å². The number of unbranched alkanes of at least 4 members (excludes halogenated alkanes) is 2. The number of carbonyl (C=O) groups is 1. The second kappa shape index (κ2) is 11.0. The van der Waals surface area contributed by atoms with E-state index in [2.05, 4.69) is 28.6 Å². The molecular formula is C14H20BrNO2. The first-order chi connectivity index (χ1) is 8.60. The molecule has 0 saturated heterocycles. The van der Waals surface area contributed by atoms with Gasteiger partial charge in [0.05, 0.1) is 12.5 Å². The lowest BCUT2D eigenvalue weighted by Gasteiger charge is -1.94. The Labute approximate surface area is 117 Å². The predicted octanol–water partition coefficient (Wildman–Crippen LogP) is 1.63. The van der Waals surface area contributed by atoms with Crippen molar-refractivity contribution in [2.75, 3.05) is 6.54 Å². The van der Waals surface area contributed by atoms with Crippen LogP contribution in [0.3, 0.4) is 0 Å². The molecule has 0 aromatic heterocycles. The van der Waals surface area contributed by atoms with Crippen LogP contribution in [0.4, 0.5) is 0 Å². The molecule has 0 aliphatic rings. The third-order valence-electron chi connectivity index (χ3n) is 2.14. The molecule has 4 heteroatoms. The lowest BCUT2D eigenvalue weighted by atomic mass is 10.2. The second-order valence-electron chi connectivity index (χ2n) is 3.76. The van der Waals surface area contributed by atoms with Crippen LogP contribution in [-0.4, -0.2) is 12.5 Å². The molecule has 0 bridgehead atoms. The van der Waals surface area contributed by atoms with E-state index < -0.39 is 5.97 Å². The van der Waals surface area contributed by atoms with Gasteiger partial charge >= 0.3 is 0 Å². The Hall–Kier alpha value is -1.13. The minimum absolute atomic E-state index is 0.836. The summed E-state index contributed by atoms with van der Waals surface area (Å²) in [7, 11) is 0. The zero-order valence-electron chi connectivity index (χ0n) is 10.7. The minimum Gasteiger partial charge on any atom is -0.545 e. The maximum absolute atomic E-state index is 10.0. The summed E-state index contributed by atoms with van der Waals surface area (Å²) in [4.78, 5) is 10.0. The van der Waals surface area contributed by atoms with Crippen LogP contribution >= 0.6 is 15.9 Å². The summed E-state index contributed by atoms with van der Waals surface area (Å²) in [6.45, 7) is 3.31. The number of carboxylic acid groups (broad SMARTS) is 1. The number of quaternary nitrogens is 1. The van der Waals surface area contributed by atoms with E-state index in [0.29, 0.717) is 0 Å². The number of halogens is 1. The van der Waals surface area contributed by atoms with E-state index in [1.54, 1.807) is 0 Å². The third kappa shape index (κ3) is 10.1. The molecule has 0 amide bonds. The van der Waals surface area contributed by atoms with Gasteiger partial charge in [-0.3, -0.25) is 0 Å². The Morgan fingerprint density at radius 3 is 2.33 bits per heavy atom. The van der Waals surface area contributed by atoms with Crippen molar-refractivity contribution >= 4 is 28.0 Å². The normalized spacial score (nSPS) is 9.94. The molecule has 0 fully saturated rings. The zero-order chi connectivity index (χ0) is 13.8. The predicted molar refractivity (Wildman–Crippen MR) is 75.5 cm³/mol. The summed E-state index contributed by atoms with van der Waals surface area (Å²) in [5.74, 6) is -1.18. The average molecular weight is 314 g/mol. The highest BCUT2D eigenvalue weighted by Crippen LogP contribution is 2.11. The molecule has 1 rings (SSSR count). The number of carboxylic acids is 1. The number of rotatable bonds is 5. The Morgan fingerprint density at radius 2 is 1.94 bits per heavy atom. The summed E-state index contributed by atoms with van der Waals surface area (Å²) in [6, 6.07) is 7.30. The summed E-state index contributed by atoms with van der Waals surface area (Å²) in [5.41, 5.74) is 4.56. The lowest BCUT2D eigenvalue weighted by molar-refractivity contribution is -0.368. The quantitative estimate of drug-likeness (QED) is 0.663. The van der Waals surface area contributed by atoms with Gasteiger partial charge in [0.2, 0.25) is 0 Å². The molecule has 0 unspecified atom stereocenters. The van der Waals surface area contributed by atoms with E-state index in [4.69, 9.17) is 0 Å². The Kier molecular flexibility index (Phi) is 10.3. The largest absolute Gasteiger partial charge is 0.545 e. The second-order valence-corrected chi connectivity index (χ2v) is 4.68. The highest BCUT2D eigenvalue weighted by atomic mass is 79.9. The van der Waals surface area contributed by atoms with Gasteiger partial charge in [0.1, 0.15) is 0 Å². The van der Waals surface area contributed by atoms with E-state index in [1.165, 1.54) is 25.3 Å². The third-order valence-corrected chi connectivity index (χ3v) is 2.66. The fraction of sp³-hybridized carbons (Fsp3) is 0.357. The monoisotopic (exact) mass is 313 g/mol. The average Bonchev–Trinajstić information content (AvgIpc) is 2.36. The maximum atomic E-state index is 10.0. The molecule has 3 N–H and O–H groups in total. The van der Waals surface area contributed by atoms with Gasteiger partial charge in [-0.2, -0.15) is 0 Å². The first kappa shape index (κ1) is 16.9. The molecule has 100 valence electrons. The van der Waals surface area contributed by atoms with E-state index >= 15 is 0 Å². The highest BCUT2D eigenvalue weighted by molar-refractivity contribution is 9.10.